The van der Waals surface area contributed by atoms with Gasteiger partial charge in [0.2, 0.25) is 10.0 Å². The average Bonchev–Trinajstić information content (AvgIpc) is 2.26. The van der Waals surface area contributed by atoms with E-state index in [4.69, 9.17) is 23.5 Å². The number of nitrogens with zero attached hydrogens (tertiary/aromatic N) is 1. The molecule has 1 rings (SSSR count). The number of anilines is 1. The Balaban J connectivity index is 3.72. The van der Waals surface area contributed by atoms with E-state index in [2.05, 4.69) is 15.7 Å². The first-order valence-electron chi connectivity index (χ1n) is 5.21. The van der Waals surface area contributed by atoms with Crippen molar-refractivity contribution in [3.63, 3.8) is 0 Å². The van der Waals surface area contributed by atoms with Gasteiger partial charge in [-0.1, -0.05) is 18.2 Å². The molecule has 0 unspecified atom stereocenters. The molecule has 0 aliphatic rings. The van der Waals surface area contributed by atoms with Crippen molar-refractivity contribution in [2.75, 3.05) is 3.71 Å². The summed E-state index contributed by atoms with van der Waals surface area (Å²) in [4.78, 5) is -3.90. The van der Waals surface area contributed by atoms with Crippen LogP contribution in [0.25, 0.3) is 0 Å². The highest BCUT2D eigenvalue weighted by Crippen LogP contribution is 2.30. The van der Waals surface area contributed by atoms with Crippen LogP contribution >= 0.6 is 0 Å². The molecule has 0 aromatic heterocycles. The Hall–Kier alpha value is -0.825. The third-order valence-electron chi connectivity index (χ3n) is 2.25. The van der Waals surface area contributed by atoms with E-state index in [1.807, 2.05) is 0 Å². The number of hydrogen-bond donors (Lipinski definition) is 0. The van der Waals surface area contributed by atoms with Crippen molar-refractivity contribution >= 4 is 65.0 Å². The van der Waals surface area contributed by atoms with Crippen LogP contribution in [0.1, 0.15) is 0 Å². The zero-order chi connectivity index (χ0) is 16.7. The molecule has 0 atom stereocenters. The number of sulfonamides is 2. The lowest BCUT2D eigenvalue weighted by Crippen LogP contribution is -2.57. The van der Waals surface area contributed by atoms with Crippen LogP contribution in [0.5, 0.6) is 0 Å². The minimum atomic E-state index is -5.44. The third-order valence-corrected chi connectivity index (χ3v) is 6.40. The Morgan fingerprint density at radius 1 is 0.857 bits per heavy atom. The van der Waals surface area contributed by atoms with Gasteiger partial charge < -0.3 is 0 Å². The van der Waals surface area contributed by atoms with Crippen molar-refractivity contribution in [1.82, 2.24) is 0 Å². The first-order valence-corrected chi connectivity index (χ1v) is 8.09. The predicted molar refractivity (Wildman–Crippen MR) is 82.1 cm³/mol. The molecule has 0 bridgehead atoms. The SMILES string of the molecule is [B]C([B])([B])S(=O)(=O)N(c1ccccc1)S(=O)(=O)C([B])([B])F. The Bertz CT molecular complexity index is 667. The number of benzene rings is 1. The number of hydrogen-bond acceptors (Lipinski definition) is 4. The van der Waals surface area contributed by atoms with Crippen molar-refractivity contribution < 1.29 is 21.2 Å². The van der Waals surface area contributed by atoms with Crippen molar-refractivity contribution in [2.45, 2.75) is 9.24 Å². The normalized spacial score (nSPS) is 13.8. The lowest BCUT2D eigenvalue weighted by Gasteiger charge is -2.34. The van der Waals surface area contributed by atoms with Gasteiger partial charge in [-0.25, -0.2) is 21.2 Å². The number of halogens is 1. The monoisotopic (exact) mass is 317 g/mol. The second-order valence-electron chi connectivity index (χ2n) is 4.09. The van der Waals surface area contributed by atoms with Crippen LogP contribution in [0.2, 0.25) is 0 Å². The molecule has 0 N–H and O–H groups in total. The molecule has 0 aliphatic heterocycles. The highest BCUT2D eigenvalue weighted by Gasteiger charge is 2.47. The summed E-state index contributed by atoms with van der Waals surface area (Å²) in [5, 5.41) is 0. The molecule has 0 fully saturated rings. The van der Waals surface area contributed by atoms with Crippen LogP contribution in [0, 0.1) is 0 Å². The molecule has 21 heavy (non-hydrogen) atoms. The predicted octanol–water partition coefficient (Wildman–Crippen LogP) is -1.81. The van der Waals surface area contributed by atoms with Gasteiger partial charge in [0.15, 0.2) is 0 Å². The van der Waals surface area contributed by atoms with Crippen molar-refractivity contribution in [3.05, 3.63) is 30.3 Å². The molecule has 1 aromatic rings. The topological polar surface area (TPSA) is 71.5 Å². The fourth-order valence-corrected chi connectivity index (χ4v) is 4.33. The maximum absolute atomic E-state index is 13.6. The zero-order valence-electron chi connectivity index (χ0n) is 10.5. The highest BCUT2D eigenvalue weighted by molar-refractivity contribution is 8.14. The van der Waals surface area contributed by atoms with Gasteiger partial charge in [0, 0.05) is 0 Å². The average molecular weight is 316 g/mol. The molecular formula is C8H5B5FNO4S2. The molecule has 10 radical (unpaired) electrons. The number of rotatable bonds is 5. The van der Waals surface area contributed by atoms with Crippen molar-refractivity contribution in [2.24, 2.45) is 0 Å². The zero-order valence-corrected chi connectivity index (χ0v) is 12.2. The summed E-state index contributed by atoms with van der Waals surface area (Å²) in [6, 6.07) is 6.09. The Morgan fingerprint density at radius 2 is 1.29 bits per heavy atom. The summed E-state index contributed by atoms with van der Waals surface area (Å²) >= 11 is 0. The smallest absolute Gasteiger partial charge is 0.247 e. The molecule has 0 heterocycles. The quantitative estimate of drug-likeness (QED) is 0.600. The van der Waals surface area contributed by atoms with Gasteiger partial charge in [0.05, 0.1) is 29.2 Å². The van der Waals surface area contributed by atoms with Gasteiger partial charge in [-0.15, -0.1) is 0 Å². The standard InChI is InChI=1S/C8H5B5FNO4S2/c9-7(10,11)20(16,17)15(6-4-2-1-3-5-6)21(18,19)8(12,13)14/h1-5H. The van der Waals surface area contributed by atoms with Crippen LogP contribution in [-0.4, -0.2) is 65.3 Å². The van der Waals surface area contributed by atoms with Crippen molar-refractivity contribution in [3.8, 4) is 0 Å². The van der Waals surface area contributed by atoms with E-state index < -0.39 is 38.7 Å². The summed E-state index contributed by atoms with van der Waals surface area (Å²) in [6.07, 6.45) is 0. The summed E-state index contributed by atoms with van der Waals surface area (Å²) < 4.78 is 58.4. The number of alkyl halides is 1. The maximum Gasteiger partial charge on any atom is 0.264 e. The van der Waals surface area contributed by atoms with E-state index in [0.29, 0.717) is 0 Å². The second-order valence-corrected chi connectivity index (χ2v) is 8.29. The number of para-hydroxylation sites is 1. The van der Waals surface area contributed by atoms with E-state index in [1.54, 1.807) is 0 Å². The van der Waals surface area contributed by atoms with Gasteiger partial charge in [0.25, 0.3) is 10.0 Å². The first-order chi connectivity index (χ1) is 9.23. The third kappa shape index (κ3) is 3.34. The molecule has 0 saturated heterocycles. The molecular weight excluding hydrogens is 311 g/mol. The first kappa shape index (κ1) is 18.2. The fourth-order valence-electron chi connectivity index (χ4n) is 1.23. The lowest BCUT2D eigenvalue weighted by molar-refractivity contribution is 0.468. The second kappa shape index (κ2) is 5.42. The van der Waals surface area contributed by atoms with Crippen LogP contribution in [-0.2, 0) is 20.0 Å². The molecule has 0 amide bonds. The lowest BCUT2D eigenvalue weighted by atomic mass is 9.56. The molecule has 0 aliphatic carbocycles. The van der Waals surface area contributed by atoms with E-state index in [1.165, 1.54) is 18.2 Å². The molecule has 0 spiro atoms. The van der Waals surface area contributed by atoms with Crippen LogP contribution in [0.15, 0.2) is 30.3 Å². The van der Waals surface area contributed by atoms with E-state index in [-0.39, 0.29) is 0 Å². The van der Waals surface area contributed by atoms with E-state index in [9.17, 15) is 21.2 Å². The summed E-state index contributed by atoms with van der Waals surface area (Å²) in [5.74, 6) is 0. The van der Waals surface area contributed by atoms with E-state index >= 15 is 0 Å². The van der Waals surface area contributed by atoms with Gasteiger partial charge in [-0.3, -0.25) is 0 Å². The van der Waals surface area contributed by atoms with Crippen molar-refractivity contribution in [1.29, 1.82) is 0 Å². The molecule has 1 aromatic carbocycles. The molecule has 13 heteroatoms. The molecule has 0 saturated carbocycles. The van der Waals surface area contributed by atoms with Gasteiger partial charge >= 0.3 is 0 Å². The minimum Gasteiger partial charge on any atom is -0.247 e. The Labute approximate surface area is 129 Å². The Morgan fingerprint density at radius 3 is 1.62 bits per heavy atom. The van der Waals surface area contributed by atoms with Crippen LogP contribution in [0.3, 0.4) is 0 Å². The van der Waals surface area contributed by atoms with Crippen LogP contribution in [0.4, 0.5) is 10.1 Å². The maximum atomic E-state index is 13.6. The largest absolute Gasteiger partial charge is 0.264 e. The van der Waals surface area contributed by atoms with Crippen LogP contribution < -0.4 is 3.71 Å². The summed E-state index contributed by atoms with van der Waals surface area (Å²) in [7, 11) is 13.9. The highest BCUT2D eigenvalue weighted by atomic mass is 32.3. The summed E-state index contributed by atoms with van der Waals surface area (Å²) in [6.45, 7) is 0. The minimum absolute atomic E-state index is 0.431. The van der Waals surface area contributed by atoms with Gasteiger partial charge in [0.1, 0.15) is 20.5 Å². The van der Waals surface area contributed by atoms with Gasteiger partial charge in [-0.2, -0.15) is 3.71 Å². The summed E-state index contributed by atoms with van der Waals surface area (Å²) in [5.41, 5.74) is -0.513. The van der Waals surface area contributed by atoms with Gasteiger partial charge in [-0.05, 0) is 16.6 Å². The Kier molecular flexibility index (Phi) is 4.71. The fraction of sp³-hybridized carbons (Fsp3) is 0.250. The van der Waals surface area contributed by atoms with E-state index in [0.717, 1.165) is 12.1 Å². The molecule has 100 valence electrons. The molecule has 5 nitrogen and oxygen atoms in total.